The maximum Gasteiger partial charge on any atom is 0.416 e. The standard InChI is InChI=1S/C26H22F9NO6S2/c1-4-23(2,3)14-5-8-21(22(13-14)44(39,40)41)42-20-7-6-15(24(27,28)29)12-19(20)36-43(37,38)18-10-16(25(30,31)32)9-17(11-18)26(33,34)35/h5-13,36H,4H2,1-3H3,(H,39,40,41). The summed E-state index contributed by atoms with van der Waals surface area (Å²) in [6.45, 7) is 5.24. The Bertz CT molecular complexity index is 1750. The Labute approximate surface area is 245 Å². The lowest BCUT2D eigenvalue weighted by atomic mass is 9.82. The first-order valence-corrected chi connectivity index (χ1v) is 15.0. The van der Waals surface area contributed by atoms with Gasteiger partial charge >= 0.3 is 18.5 Å². The quantitative estimate of drug-likeness (QED) is 0.183. The van der Waals surface area contributed by atoms with Crippen molar-refractivity contribution in [2.24, 2.45) is 0 Å². The van der Waals surface area contributed by atoms with Gasteiger partial charge < -0.3 is 4.74 Å². The number of hydrogen-bond donors (Lipinski definition) is 2. The highest BCUT2D eigenvalue weighted by molar-refractivity contribution is 7.92. The van der Waals surface area contributed by atoms with Crippen LogP contribution in [0.5, 0.6) is 11.5 Å². The molecule has 3 rings (SSSR count). The van der Waals surface area contributed by atoms with Crippen LogP contribution in [-0.4, -0.2) is 21.4 Å². The van der Waals surface area contributed by atoms with E-state index in [-0.39, 0.29) is 24.3 Å². The average Bonchev–Trinajstić information content (AvgIpc) is 2.87. The van der Waals surface area contributed by atoms with Crippen molar-refractivity contribution in [2.75, 3.05) is 4.72 Å². The van der Waals surface area contributed by atoms with Crippen molar-refractivity contribution in [1.82, 2.24) is 0 Å². The second kappa shape index (κ2) is 11.4. The summed E-state index contributed by atoms with van der Waals surface area (Å²) < 4.78 is 187. The van der Waals surface area contributed by atoms with Crippen molar-refractivity contribution in [3.63, 3.8) is 0 Å². The number of nitrogens with one attached hydrogen (secondary N) is 1. The Hall–Kier alpha value is -3.51. The number of halogens is 9. The van der Waals surface area contributed by atoms with Gasteiger partial charge in [0.1, 0.15) is 10.6 Å². The Morgan fingerprint density at radius 1 is 0.682 bits per heavy atom. The number of anilines is 1. The summed E-state index contributed by atoms with van der Waals surface area (Å²) in [6, 6.07) is 3.80. The van der Waals surface area contributed by atoms with Crippen molar-refractivity contribution in [3.8, 4) is 11.5 Å². The highest BCUT2D eigenvalue weighted by atomic mass is 32.2. The van der Waals surface area contributed by atoms with Crippen molar-refractivity contribution in [3.05, 3.63) is 76.9 Å². The Balaban J connectivity index is 2.22. The molecule has 0 atom stereocenters. The van der Waals surface area contributed by atoms with E-state index in [0.717, 1.165) is 12.1 Å². The van der Waals surface area contributed by atoms with E-state index in [1.54, 1.807) is 20.8 Å². The van der Waals surface area contributed by atoms with Gasteiger partial charge in [0.15, 0.2) is 5.75 Å². The van der Waals surface area contributed by atoms with Gasteiger partial charge in [-0.3, -0.25) is 9.27 Å². The monoisotopic (exact) mass is 679 g/mol. The molecule has 0 fully saturated rings. The molecule has 0 saturated heterocycles. The molecule has 2 N–H and O–H groups in total. The Kier molecular flexibility index (Phi) is 9.10. The van der Waals surface area contributed by atoms with Crippen LogP contribution in [0.2, 0.25) is 0 Å². The van der Waals surface area contributed by atoms with Crippen LogP contribution < -0.4 is 9.46 Å². The van der Waals surface area contributed by atoms with Crippen LogP contribution in [0.3, 0.4) is 0 Å². The average molecular weight is 680 g/mol. The number of alkyl halides is 9. The normalized spacial score (nSPS) is 13.6. The number of benzene rings is 3. The number of ether oxygens (including phenoxy) is 1. The molecule has 3 aromatic rings. The van der Waals surface area contributed by atoms with E-state index in [2.05, 4.69) is 0 Å². The van der Waals surface area contributed by atoms with Gasteiger partial charge in [0.2, 0.25) is 0 Å². The first kappa shape index (κ1) is 35.0. The van der Waals surface area contributed by atoms with E-state index in [1.807, 2.05) is 0 Å². The summed E-state index contributed by atoms with van der Waals surface area (Å²) >= 11 is 0. The van der Waals surface area contributed by atoms with Crippen LogP contribution in [0.25, 0.3) is 0 Å². The van der Waals surface area contributed by atoms with Gasteiger partial charge in [0.05, 0.1) is 27.3 Å². The molecule has 0 aromatic heterocycles. The van der Waals surface area contributed by atoms with Gasteiger partial charge in [-0.1, -0.05) is 26.8 Å². The molecule has 18 heteroatoms. The number of sulfonamides is 1. The first-order chi connectivity index (χ1) is 19.8. The molecule has 0 bridgehead atoms. The summed E-state index contributed by atoms with van der Waals surface area (Å²) in [6.07, 6.45) is -15.5. The Morgan fingerprint density at radius 2 is 1.16 bits per heavy atom. The van der Waals surface area contributed by atoms with Crippen LogP contribution in [0.15, 0.2) is 64.4 Å². The number of rotatable bonds is 8. The molecular weight excluding hydrogens is 657 g/mol. The summed E-state index contributed by atoms with van der Waals surface area (Å²) in [5.74, 6) is -1.54. The Morgan fingerprint density at radius 3 is 1.61 bits per heavy atom. The maximum absolute atomic E-state index is 13.5. The lowest BCUT2D eigenvalue weighted by Crippen LogP contribution is -2.18. The zero-order chi connectivity index (χ0) is 33.7. The lowest BCUT2D eigenvalue weighted by molar-refractivity contribution is -0.143. The van der Waals surface area contributed by atoms with Gasteiger partial charge in [0, 0.05) is 0 Å². The fourth-order valence-corrected chi connectivity index (χ4v) is 5.47. The molecule has 7 nitrogen and oxygen atoms in total. The second-order valence-electron chi connectivity index (χ2n) is 10.0. The smallest absolute Gasteiger partial charge is 0.416 e. The lowest BCUT2D eigenvalue weighted by Gasteiger charge is -2.24. The van der Waals surface area contributed by atoms with E-state index in [0.29, 0.717) is 24.1 Å². The molecule has 0 heterocycles. The predicted molar refractivity (Wildman–Crippen MR) is 138 cm³/mol. The molecule has 0 spiro atoms. The molecule has 0 saturated carbocycles. The van der Waals surface area contributed by atoms with Crippen LogP contribution in [0.4, 0.5) is 45.2 Å². The van der Waals surface area contributed by atoms with Gasteiger partial charge in [-0.05, 0) is 65.9 Å². The third-order valence-electron chi connectivity index (χ3n) is 6.53. The minimum atomic E-state index is -5.49. The number of hydrogen-bond acceptors (Lipinski definition) is 5. The van der Waals surface area contributed by atoms with E-state index in [1.165, 1.54) is 10.8 Å². The topological polar surface area (TPSA) is 110 Å². The van der Waals surface area contributed by atoms with Crippen molar-refractivity contribution < 1.29 is 65.6 Å². The summed E-state index contributed by atoms with van der Waals surface area (Å²) in [5.41, 5.74) is -6.92. The van der Waals surface area contributed by atoms with Crippen molar-refractivity contribution in [2.45, 2.75) is 60.9 Å². The summed E-state index contributed by atoms with van der Waals surface area (Å²) in [7, 11) is -10.6. The minimum Gasteiger partial charge on any atom is -0.454 e. The summed E-state index contributed by atoms with van der Waals surface area (Å²) in [5, 5.41) is 0. The van der Waals surface area contributed by atoms with Crippen molar-refractivity contribution >= 4 is 25.8 Å². The molecule has 242 valence electrons. The van der Waals surface area contributed by atoms with Crippen LogP contribution in [-0.2, 0) is 44.1 Å². The molecule has 0 aliphatic carbocycles. The maximum atomic E-state index is 13.5. The molecule has 0 amide bonds. The molecule has 0 radical (unpaired) electrons. The van der Waals surface area contributed by atoms with E-state index >= 15 is 0 Å². The third-order valence-corrected chi connectivity index (χ3v) is 8.75. The zero-order valence-electron chi connectivity index (χ0n) is 22.6. The third kappa shape index (κ3) is 7.95. The van der Waals surface area contributed by atoms with Crippen LogP contribution >= 0.6 is 0 Å². The molecule has 0 aliphatic rings. The van der Waals surface area contributed by atoms with Crippen LogP contribution in [0, 0.1) is 0 Å². The van der Waals surface area contributed by atoms with Crippen LogP contribution in [0.1, 0.15) is 49.4 Å². The van der Waals surface area contributed by atoms with E-state index in [4.69, 9.17) is 4.74 Å². The highest BCUT2D eigenvalue weighted by Gasteiger charge is 2.39. The van der Waals surface area contributed by atoms with Gasteiger partial charge in [-0.15, -0.1) is 0 Å². The first-order valence-electron chi connectivity index (χ1n) is 12.1. The van der Waals surface area contributed by atoms with Crippen molar-refractivity contribution in [1.29, 1.82) is 0 Å². The highest BCUT2D eigenvalue weighted by Crippen LogP contribution is 2.42. The zero-order valence-corrected chi connectivity index (χ0v) is 24.2. The molecule has 3 aromatic carbocycles. The van der Waals surface area contributed by atoms with Gasteiger partial charge in [-0.2, -0.15) is 47.9 Å². The van der Waals surface area contributed by atoms with Gasteiger partial charge in [-0.25, -0.2) is 8.42 Å². The largest absolute Gasteiger partial charge is 0.454 e. The molecule has 44 heavy (non-hydrogen) atoms. The second-order valence-corrected chi connectivity index (χ2v) is 13.1. The molecular formula is C26H22F9NO6S2. The SMILES string of the molecule is CCC(C)(C)c1ccc(Oc2ccc(C(F)(F)F)cc2NS(=O)(=O)c2cc(C(F)(F)F)cc(C(F)(F)F)c2)c(S(=O)(=O)O)c1. The minimum absolute atomic E-state index is 0.132. The van der Waals surface area contributed by atoms with E-state index < -0.39 is 87.8 Å². The van der Waals surface area contributed by atoms with Gasteiger partial charge in [0.25, 0.3) is 20.1 Å². The fraction of sp³-hybridized carbons (Fsp3) is 0.308. The molecule has 0 unspecified atom stereocenters. The predicted octanol–water partition coefficient (Wildman–Crippen LogP) is 8.27. The molecule has 0 aliphatic heterocycles. The fourth-order valence-electron chi connectivity index (χ4n) is 3.70. The summed E-state index contributed by atoms with van der Waals surface area (Å²) in [4.78, 5) is -2.47. The van der Waals surface area contributed by atoms with E-state index in [9.17, 15) is 60.9 Å².